The molecule has 0 bridgehead atoms. The van der Waals surface area contributed by atoms with Gasteiger partial charge in [-0.25, -0.2) is 4.98 Å². The Morgan fingerprint density at radius 3 is 2.64 bits per heavy atom. The number of thiazole rings is 1. The van der Waals surface area contributed by atoms with E-state index in [-0.39, 0.29) is 0 Å². The van der Waals surface area contributed by atoms with E-state index in [0.717, 1.165) is 39.4 Å². The summed E-state index contributed by atoms with van der Waals surface area (Å²) in [5.41, 5.74) is 4.36. The molecule has 3 aromatic rings. The van der Waals surface area contributed by atoms with Crippen LogP contribution >= 0.6 is 11.3 Å². The largest absolute Gasteiger partial charge is 0.360 e. The van der Waals surface area contributed by atoms with Gasteiger partial charge in [0.05, 0.1) is 5.69 Å². The van der Waals surface area contributed by atoms with Crippen LogP contribution in [0.2, 0.25) is 0 Å². The van der Waals surface area contributed by atoms with Crippen molar-refractivity contribution in [1.82, 2.24) is 14.7 Å². The minimum atomic E-state index is 0.379. The summed E-state index contributed by atoms with van der Waals surface area (Å²) in [7, 11) is 0. The molecule has 5 nitrogen and oxygen atoms in total. The average Bonchev–Trinajstić information content (AvgIpc) is 3.10. The molecule has 22 heavy (non-hydrogen) atoms. The average molecular weight is 316 g/mol. The first kappa shape index (κ1) is 14.8. The molecule has 0 unspecified atom stereocenters. The Morgan fingerprint density at radius 1 is 1.23 bits per heavy atom. The van der Waals surface area contributed by atoms with E-state index in [1.807, 2.05) is 13.0 Å². The minimum Gasteiger partial charge on any atom is -0.360 e. The molecule has 3 rings (SSSR count). The van der Waals surface area contributed by atoms with Gasteiger partial charge in [0.1, 0.15) is 5.76 Å². The summed E-state index contributed by atoms with van der Waals surface area (Å²) in [6.07, 6.45) is 0. The molecule has 0 aliphatic rings. The fourth-order valence-electron chi connectivity index (χ4n) is 2.54. The van der Waals surface area contributed by atoms with Gasteiger partial charge in [-0.1, -0.05) is 5.16 Å². The molecule has 0 saturated carbocycles. The van der Waals surface area contributed by atoms with Crippen molar-refractivity contribution < 1.29 is 4.52 Å². The quantitative estimate of drug-likeness (QED) is 0.778. The minimum absolute atomic E-state index is 0.379. The van der Waals surface area contributed by atoms with Crippen LogP contribution in [0.4, 0.5) is 5.13 Å². The third-order valence-electron chi connectivity index (χ3n) is 3.47. The van der Waals surface area contributed by atoms with Gasteiger partial charge in [-0.3, -0.25) is 4.57 Å². The number of nitrogens with zero attached hydrogens (tertiary/aromatic N) is 3. The van der Waals surface area contributed by atoms with Crippen molar-refractivity contribution in [1.29, 1.82) is 0 Å². The molecular formula is C16H20N4OS. The lowest BCUT2D eigenvalue weighted by Crippen LogP contribution is -2.09. The molecule has 0 saturated heterocycles. The first-order valence-corrected chi connectivity index (χ1v) is 8.18. The van der Waals surface area contributed by atoms with Gasteiger partial charge in [-0.2, -0.15) is 0 Å². The maximum atomic E-state index is 5.20. The molecule has 0 aliphatic carbocycles. The van der Waals surface area contributed by atoms with E-state index < -0.39 is 0 Å². The van der Waals surface area contributed by atoms with Crippen molar-refractivity contribution in [2.24, 2.45) is 0 Å². The Balaban J connectivity index is 2.00. The Morgan fingerprint density at radius 2 is 2.00 bits per heavy atom. The Hall–Kier alpha value is -2.08. The van der Waals surface area contributed by atoms with Gasteiger partial charge in [0, 0.05) is 34.4 Å². The first-order chi connectivity index (χ1) is 10.5. The predicted octanol–water partition coefficient (Wildman–Crippen LogP) is 4.33. The summed E-state index contributed by atoms with van der Waals surface area (Å²) in [6, 6.07) is 4.47. The fraction of sp³-hybridized carbons (Fsp3) is 0.375. The lowest BCUT2D eigenvalue weighted by Gasteiger charge is -2.05. The van der Waals surface area contributed by atoms with Gasteiger partial charge in [0.25, 0.3) is 0 Å². The second-order valence-electron chi connectivity index (χ2n) is 5.75. The van der Waals surface area contributed by atoms with Gasteiger partial charge in [-0.15, -0.1) is 11.3 Å². The number of nitrogens with one attached hydrogen (secondary N) is 1. The van der Waals surface area contributed by atoms with E-state index in [9.17, 15) is 0 Å². The second kappa shape index (κ2) is 5.61. The number of hydrogen-bond acceptors (Lipinski definition) is 5. The Kier molecular flexibility index (Phi) is 3.78. The van der Waals surface area contributed by atoms with Gasteiger partial charge in [-0.05, 0) is 40.7 Å². The van der Waals surface area contributed by atoms with Crippen LogP contribution in [0.3, 0.4) is 0 Å². The second-order valence-corrected chi connectivity index (χ2v) is 6.61. The Labute approximate surface area is 134 Å². The van der Waals surface area contributed by atoms with Gasteiger partial charge in [0.2, 0.25) is 0 Å². The SMILES string of the molecule is Cc1cc(-n2c(C)cc(-c3csc(NC(C)C)n3)c2C)no1. The van der Waals surface area contributed by atoms with Crippen LogP contribution < -0.4 is 5.32 Å². The molecule has 0 aromatic carbocycles. The van der Waals surface area contributed by atoms with Crippen LogP contribution in [0, 0.1) is 20.8 Å². The molecule has 0 amide bonds. The van der Waals surface area contributed by atoms with E-state index in [1.165, 1.54) is 0 Å². The predicted molar refractivity (Wildman–Crippen MR) is 89.9 cm³/mol. The zero-order valence-electron chi connectivity index (χ0n) is 13.5. The van der Waals surface area contributed by atoms with Crippen LogP contribution in [-0.4, -0.2) is 20.7 Å². The van der Waals surface area contributed by atoms with Crippen LogP contribution in [0.15, 0.2) is 22.0 Å². The Bertz CT molecular complexity index is 797. The number of hydrogen-bond donors (Lipinski definition) is 1. The summed E-state index contributed by atoms with van der Waals surface area (Å²) in [5.74, 6) is 1.62. The zero-order chi connectivity index (χ0) is 15.9. The van der Waals surface area contributed by atoms with Gasteiger partial charge in [0.15, 0.2) is 10.9 Å². The lowest BCUT2D eigenvalue weighted by atomic mass is 10.2. The smallest absolute Gasteiger partial charge is 0.183 e. The lowest BCUT2D eigenvalue weighted by molar-refractivity contribution is 0.394. The molecular weight excluding hydrogens is 296 g/mol. The number of rotatable bonds is 4. The molecule has 0 atom stereocenters. The van der Waals surface area contributed by atoms with Crippen LogP contribution in [-0.2, 0) is 0 Å². The maximum absolute atomic E-state index is 5.20. The normalized spacial score (nSPS) is 11.4. The van der Waals surface area contributed by atoms with Crippen molar-refractivity contribution in [3.05, 3.63) is 34.7 Å². The van der Waals surface area contributed by atoms with E-state index in [0.29, 0.717) is 6.04 Å². The molecule has 116 valence electrons. The molecule has 3 aromatic heterocycles. The van der Waals surface area contributed by atoms with Crippen molar-refractivity contribution in [3.63, 3.8) is 0 Å². The third kappa shape index (κ3) is 2.66. The zero-order valence-corrected chi connectivity index (χ0v) is 14.3. The molecule has 0 radical (unpaired) electrons. The number of aromatic nitrogens is 3. The molecule has 0 aliphatic heterocycles. The highest BCUT2D eigenvalue weighted by atomic mass is 32.1. The number of anilines is 1. The van der Waals surface area contributed by atoms with Gasteiger partial charge >= 0.3 is 0 Å². The van der Waals surface area contributed by atoms with Crippen molar-refractivity contribution in [2.75, 3.05) is 5.32 Å². The standard InChI is InChI=1S/C16H20N4OS/c1-9(2)17-16-18-14(8-22-16)13-6-10(3)20(12(13)5)15-7-11(4)21-19-15/h6-9H,1-5H3,(H,17,18). The summed E-state index contributed by atoms with van der Waals surface area (Å²) >= 11 is 1.63. The van der Waals surface area contributed by atoms with Crippen LogP contribution in [0.25, 0.3) is 17.1 Å². The van der Waals surface area contributed by atoms with Crippen molar-refractivity contribution in [2.45, 2.75) is 40.7 Å². The molecule has 3 heterocycles. The summed E-state index contributed by atoms with van der Waals surface area (Å²) in [5, 5.41) is 10.5. The summed E-state index contributed by atoms with van der Waals surface area (Å²) < 4.78 is 7.30. The van der Waals surface area contributed by atoms with E-state index in [1.54, 1.807) is 11.3 Å². The molecule has 6 heteroatoms. The van der Waals surface area contributed by atoms with Crippen molar-refractivity contribution >= 4 is 16.5 Å². The molecule has 0 spiro atoms. The monoisotopic (exact) mass is 316 g/mol. The maximum Gasteiger partial charge on any atom is 0.183 e. The van der Waals surface area contributed by atoms with E-state index in [2.05, 4.69) is 59.2 Å². The summed E-state index contributed by atoms with van der Waals surface area (Å²) in [4.78, 5) is 4.69. The highest BCUT2D eigenvalue weighted by molar-refractivity contribution is 7.14. The van der Waals surface area contributed by atoms with E-state index in [4.69, 9.17) is 4.52 Å². The summed E-state index contributed by atoms with van der Waals surface area (Å²) in [6.45, 7) is 10.3. The van der Waals surface area contributed by atoms with Gasteiger partial charge < -0.3 is 9.84 Å². The fourth-order valence-corrected chi connectivity index (χ4v) is 3.40. The van der Waals surface area contributed by atoms with E-state index >= 15 is 0 Å². The highest BCUT2D eigenvalue weighted by Gasteiger charge is 2.16. The molecule has 1 N–H and O–H groups in total. The van der Waals surface area contributed by atoms with Crippen LogP contribution in [0.5, 0.6) is 0 Å². The third-order valence-corrected chi connectivity index (χ3v) is 4.24. The topological polar surface area (TPSA) is 55.9 Å². The number of aryl methyl sites for hydroxylation is 2. The highest BCUT2D eigenvalue weighted by Crippen LogP contribution is 2.31. The molecule has 0 fully saturated rings. The van der Waals surface area contributed by atoms with Crippen LogP contribution in [0.1, 0.15) is 31.0 Å². The van der Waals surface area contributed by atoms with Crippen molar-refractivity contribution in [3.8, 4) is 17.1 Å². The first-order valence-electron chi connectivity index (χ1n) is 7.30.